The highest BCUT2D eigenvalue weighted by Crippen LogP contribution is 2.24. The fourth-order valence-electron chi connectivity index (χ4n) is 2.56. The molecule has 0 saturated heterocycles. The van der Waals surface area contributed by atoms with Crippen LogP contribution in [0.15, 0.2) is 30.3 Å². The van der Waals surface area contributed by atoms with E-state index in [1.807, 2.05) is 6.92 Å². The number of aromatic nitrogens is 3. The van der Waals surface area contributed by atoms with E-state index in [0.29, 0.717) is 0 Å². The third-order valence-corrected chi connectivity index (χ3v) is 3.41. The van der Waals surface area contributed by atoms with Crippen LogP contribution in [-0.4, -0.2) is 14.0 Å². The Morgan fingerprint density at radius 3 is 2.61 bits per heavy atom. The Morgan fingerprint density at radius 2 is 1.94 bits per heavy atom. The van der Waals surface area contributed by atoms with Crippen LogP contribution in [0.1, 0.15) is 25.2 Å². The van der Waals surface area contributed by atoms with Gasteiger partial charge >= 0.3 is 0 Å². The third kappa shape index (κ3) is 1.33. The van der Waals surface area contributed by atoms with Gasteiger partial charge in [-0.15, -0.1) is 0 Å². The molecule has 3 rings (SSSR count). The number of hydrogen-bond acceptors (Lipinski definition) is 1. The molecule has 0 unspecified atom stereocenters. The van der Waals surface area contributed by atoms with E-state index in [4.69, 9.17) is 4.98 Å². The summed E-state index contributed by atoms with van der Waals surface area (Å²) in [5, 5.41) is 0. The predicted molar refractivity (Wildman–Crippen MR) is 75.8 cm³/mol. The summed E-state index contributed by atoms with van der Waals surface area (Å²) < 4.78 is 4.40. The van der Waals surface area contributed by atoms with E-state index >= 15 is 0 Å². The maximum atomic E-state index is 4.76. The van der Waals surface area contributed by atoms with Gasteiger partial charge in [0.1, 0.15) is 0 Å². The SMILES string of the molecule is C/C=C\c1c(CC)nc2n(C)c3ccccc3n12. The van der Waals surface area contributed by atoms with Gasteiger partial charge < -0.3 is 4.57 Å². The highest BCUT2D eigenvalue weighted by Gasteiger charge is 2.15. The normalized spacial score (nSPS) is 12.2. The molecule has 0 spiro atoms. The number of fused-ring (bicyclic) bond motifs is 3. The molecule has 0 aliphatic rings. The van der Waals surface area contributed by atoms with Crippen LogP contribution in [0.25, 0.3) is 22.9 Å². The standard InChI is InChI=1S/C15H17N3/c1-4-8-12-11(5-2)16-15-17(3)13-9-6-7-10-14(13)18(12)15/h4,6-10H,5H2,1-3H3/b8-4-. The van der Waals surface area contributed by atoms with E-state index in [9.17, 15) is 0 Å². The van der Waals surface area contributed by atoms with Crippen molar-refractivity contribution in [3.8, 4) is 0 Å². The highest BCUT2D eigenvalue weighted by atomic mass is 15.2. The molecule has 3 nitrogen and oxygen atoms in total. The molecule has 0 N–H and O–H groups in total. The summed E-state index contributed by atoms with van der Waals surface area (Å²) in [7, 11) is 2.07. The van der Waals surface area contributed by atoms with Crippen molar-refractivity contribution < 1.29 is 0 Å². The molecule has 92 valence electrons. The van der Waals surface area contributed by atoms with Crippen LogP contribution in [0.3, 0.4) is 0 Å². The first kappa shape index (κ1) is 11.1. The fraction of sp³-hybridized carbons (Fsp3) is 0.267. The minimum atomic E-state index is 0.954. The summed E-state index contributed by atoms with van der Waals surface area (Å²) in [6.07, 6.45) is 5.17. The zero-order valence-electron chi connectivity index (χ0n) is 11.0. The molecule has 3 aromatic rings. The van der Waals surface area contributed by atoms with Gasteiger partial charge in [0.2, 0.25) is 5.78 Å². The van der Waals surface area contributed by atoms with Gasteiger partial charge in [0.05, 0.1) is 22.4 Å². The number of nitrogens with zero attached hydrogens (tertiary/aromatic N) is 3. The van der Waals surface area contributed by atoms with Crippen LogP contribution >= 0.6 is 0 Å². The molecule has 0 saturated carbocycles. The maximum absolute atomic E-state index is 4.76. The van der Waals surface area contributed by atoms with Crippen molar-refractivity contribution in [3.63, 3.8) is 0 Å². The minimum Gasteiger partial charge on any atom is -0.313 e. The van der Waals surface area contributed by atoms with E-state index in [-0.39, 0.29) is 0 Å². The second-order valence-electron chi connectivity index (χ2n) is 4.48. The van der Waals surface area contributed by atoms with Gasteiger partial charge in [0.25, 0.3) is 0 Å². The Hall–Kier alpha value is -2.03. The Kier molecular flexibility index (Phi) is 2.47. The molecule has 0 aliphatic carbocycles. The van der Waals surface area contributed by atoms with Crippen LogP contribution in [-0.2, 0) is 13.5 Å². The van der Waals surface area contributed by atoms with E-state index < -0.39 is 0 Å². The zero-order valence-corrected chi connectivity index (χ0v) is 11.0. The number of imidazole rings is 2. The molecule has 0 fully saturated rings. The van der Waals surface area contributed by atoms with E-state index in [1.165, 1.54) is 16.7 Å². The third-order valence-electron chi connectivity index (χ3n) is 3.41. The first-order valence-electron chi connectivity index (χ1n) is 6.35. The van der Waals surface area contributed by atoms with Gasteiger partial charge in [-0.2, -0.15) is 0 Å². The lowest BCUT2D eigenvalue weighted by atomic mass is 10.2. The van der Waals surface area contributed by atoms with Crippen molar-refractivity contribution >= 4 is 22.9 Å². The van der Waals surface area contributed by atoms with Crippen molar-refractivity contribution in [1.29, 1.82) is 0 Å². The summed E-state index contributed by atoms with van der Waals surface area (Å²) in [4.78, 5) is 4.76. The smallest absolute Gasteiger partial charge is 0.215 e. The lowest BCUT2D eigenvalue weighted by Gasteiger charge is -1.97. The van der Waals surface area contributed by atoms with Crippen molar-refractivity contribution in [2.75, 3.05) is 0 Å². The van der Waals surface area contributed by atoms with Crippen LogP contribution in [0.5, 0.6) is 0 Å². The summed E-state index contributed by atoms with van der Waals surface area (Å²) >= 11 is 0. The van der Waals surface area contributed by atoms with Crippen molar-refractivity contribution in [2.24, 2.45) is 7.05 Å². The molecule has 1 aromatic carbocycles. The molecule has 0 bridgehead atoms. The van der Waals surface area contributed by atoms with E-state index in [2.05, 4.69) is 59.4 Å². The second kappa shape index (κ2) is 4.02. The fourth-order valence-corrected chi connectivity index (χ4v) is 2.56. The molecule has 0 radical (unpaired) electrons. The van der Waals surface area contributed by atoms with Gasteiger partial charge in [0, 0.05) is 7.05 Å². The maximum Gasteiger partial charge on any atom is 0.215 e. The van der Waals surface area contributed by atoms with Crippen LogP contribution in [0.4, 0.5) is 0 Å². The lowest BCUT2D eigenvalue weighted by molar-refractivity contribution is 0.960. The Labute approximate surface area is 106 Å². The monoisotopic (exact) mass is 239 g/mol. The minimum absolute atomic E-state index is 0.954. The molecule has 0 amide bonds. The van der Waals surface area contributed by atoms with Crippen LogP contribution in [0.2, 0.25) is 0 Å². The molecule has 0 aliphatic heterocycles. The molecular formula is C15H17N3. The number of rotatable bonds is 2. The number of benzene rings is 1. The Bertz CT molecular complexity index is 744. The molecule has 2 heterocycles. The van der Waals surface area contributed by atoms with Gasteiger partial charge in [-0.1, -0.05) is 25.1 Å². The number of para-hydroxylation sites is 2. The zero-order chi connectivity index (χ0) is 12.7. The van der Waals surface area contributed by atoms with Gasteiger partial charge in [-0.05, 0) is 31.6 Å². The number of aryl methyl sites for hydroxylation is 2. The first-order valence-corrected chi connectivity index (χ1v) is 6.35. The summed E-state index contributed by atoms with van der Waals surface area (Å²) in [5.74, 6) is 1.01. The van der Waals surface area contributed by atoms with Gasteiger partial charge in [-0.3, -0.25) is 4.40 Å². The first-order chi connectivity index (χ1) is 8.77. The quantitative estimate of drug-likeness (QED) is 0.671. The van der Waals surface area contributed by atoms with Crippen molar-refractivity contribution in [3.05, 3.63) is 41.7 Å². The molecule has 0 atom stereocenters. The molecular weight excluding hydrogens is 222 g/mol. The Balaban J connectivity index is 2.53. The van der Waals surface area contributed by atoms with Gasteiger partial charge in [0.15, 0.2) is 0 Å². The largest absolute Gasteiger partial charge is 0.313 e. The van der Waals surface area contributed by atoms with E-state index in [1.54, 1.807) is 0 Å². The highest BCUT2D eigenvalue weighted by molar-refractivity contribution is 5.82. The Morgan fingerprint density at radius 1 is 1.22 bits per heavy atom. The average Bonchev–Trinajstić information content (AvgIpc) is 2.89. The average molecular weight is 239 g/mol. The lowest BCUT2D eigenvalue weighted by Crippen LogP contribution is -1.89. The number of hydrogen-bond donors (Lipinski definition) is 0. The number of allylic oxidation sites excluding steroid dienone is 1. The summed E-state index contributed by atoms with van der Waals surface area (Å²) in [6, 6.07) is 8.43. The van der Waals surface area contributed by atoms with Gasteiger partial charge in [-0.25, -0.2) is 4.98 Å². The predicted octanol–water partition coefficient (Wildman–Crippen LogP) is 3.42. The van der Waals surface area contributed by atoms with Crippen molar-refractivity contribution in [2.45, 2.75) is 20.3 Å². The van der Waals surface area contributed by atoms with Crippen LogP contribution in [0, 0.1) is 0 Å². The molecule has 18 heavy (non-hydrogen) atoms. The van der Waals surface area contributed by atoms with Crippen molar-refractivity contribution in [1.82, 2.24) is 14.0 Å². The second-order valence-corrected chi connectivity index (χ2v) is 4.48. The summed E-state index contributed by atoms with van der Waals surface area (Å²) in [5.41, 5.74) is 4.79. The molecule has 3 heteroatoms. The van der Waals surface area contributed by atoms with Crippen LogP contribution < -0.4 is 0 Å². The topological polar surface area (TPSA) is 22.2 Å². The summed E-state index contributed by atoms with van der Waals surface area (Å²) in [6.45, 7) is 4.20. The molecule has 2 aromatic heterocycles. The van der Waals surface area contributed by atoms with E-state index in [0.717, 1.165) is 17.9 Å².